The number of hydrogen-bond donors (Lipinski definition) is 1. The van der Waals surface area contributed by atoms with Crippen LogP contribution in [0.5, 0.6) is 0 Å². The lowest BCUT2D eigenvalue weighted by Gasteiger charge is -2.12. The number of nitrogens with two attached hydrogens (primary N) is 1. The first-order valence-electron chi connectivity index (χ1n) is 5.26. The maximum atomic E-state index is 6.23. The van der Waals surface area contributed by atoms with Gasteiger partial charge >= 0.3 is 0 Å². The van der Waals surface area contributed by atoms with Gasteiger partial charge in [-0.05, 0) is 43.2 Å². The molecule has 4 heteroatoms. The van der Waals surface area contributed by atoms with E-state index in [9.17, 15) is 0 Å². The molecule has 2 aromatic rings. The first-order valence-corrected chi connectivity index (χ1v) is 6.83. The van der Waals surface area contributed by atoms with E-state index < -0.39 is 0 Å². The molecule has 0 saturated carbocycles. The standard InChI is InChI=1S/C13H13Cl2NS/c1-7-5-12(17-8(7)2)13(16)10-4-3-9(14)6-11(10)15/h3-6,13H,16H2,1-2H3. The Kier molecular flexibility index (Phi) is 3.79. The average molecular weight is 286 g/mol. The summed E-state index contributed by atoms with van der Waals surface area (Å²) in [5, 5.41) is 1.25. The Hall–Kier alpha value is -0.540. The zero-order valence-electron chi connectivity index (χ0n) is 9.63. The Labute approximate surface area is 115 Å². The third-order valence-electron chi connectivity index (χ3n) is 2.79. The van der Waals surface area contributed by atoms with Crippen molar-refractivity contribution in [2.45, 2.75) is 19.9 Å². The number of aryl methyl sites for hydroxylation is 2. The van der Waals surface area contributed by atoms with E-state index in [1.54, 1.807) is 17.4 Å². The first kappa shape index (κ1) is 12.9. The maximum absolute atomic E-state index is 6.23. The van der Waals surface area contributed by atoms with Crippen LogP contribution in [-0.2, 0) is 0 Å². The van der Waals surface area contributed by atoms with E-state index in [0.717, 1.165) is 10.4 Å². The molecule has 1 atom stereocenters. The quantitative estimate of drug-likeness (QED) is 0.849. The molecule has 0 spiro atoms. The average Bonchev–Trinajstić information content (AvgIpc) is 2.58. The van der Waals surface area contributed by atoms with Gasteiger partial charge in [-0.25, -0.2) is 0 Å². The van der Waals surface area contributed by atoms with Crippen molar-refractivity contribution in [2.75, 3.05) is 0 Å². The van der Waals surface area contributed by atoms with E-state index in [4.69, 9.17) is 28.9 Å². The number of thiophene rings is 1. The van der Waals surface area contributed by atoms with Gasteiger partial charge in [0, 0.05) is 19.8 Å². The molecule has 1 nitrogen and oxygen atoms in total. The Morgan fingerprint density at radius 1 is 1.18 bits per heavy atom. The highest BCUT2D eigenvalue weighted by Crippen LogP contribution is 2.33. The van der Waals surface area contributed by atoms with Crippen molar-refractivity contribution in [3.8, 4) is 0 Å². The van der Waals surface area contributed by atoms with Gasteiger partial charge in [-0.2, -0.15) is 0 Å². The molecule has 2 N–H and O–H groups in total. The molecular weight excluding hydrogens is 273 g/mol. The Bertz CT molecular complexity index is 529. The summed E-state index contributed by atoms with van der Waals surface area (Å²) in [5.41, 5.74) is 8.42. The third kappa shape index (κ3) is 2.66. The van der Waals surface area contributed by atoms with E-state index in [0.29, 0.717) is 10.0 Å². The van der Waals surface area contributed by atoms with Crippen LogP contribution in [0, 0.1) is 13.8 Å². The van der Waals surface area contributed by atoms with E-state index in [1.807, 2.05) is 12.1 Å². The van der Waals surface area contributed by atoms with Crippen LogP contribution in [0.25, 0.3) is 0 Å². The summed E-state index contributed by atoms with van der Waals surface area (Å²) in [6, 6.07) is 7.37. The molecule has 0 amide bonds. The van der Waals surface area contributed by atoms with Crippen molar-refractivity contribution in [1.29, 1.82) is 0 Å². The Morgan fingerprint density at radius 3 is 2.41 bits per heavy atom. The second kappa shape index (κ2) is 4.99. The highest BCUT2D eigenvalue weighted by atomic mass is 35.5. The number of benzene rings is 1. The summed E-state index contributed by atoms with van der Waals surface area (Å²) in [6.45, 7) is 4.19. The van der Waals surface area contributed by atoms with Crippen LogP contribution >= 0.6 is 34.5 Å². The van der Waals surface area contributed by atoms with Crippen molar-refractivity contribution in [3.05, 3.63) is 55.2 Å². The lowest BCUT2D eigenvalue weighted by molar-refractivity contribution is 0.893. The van der Waals surface area contributed by atoms with Gasteiger partial charge in [0.05, 0.1) is 6.04 Å². The van der Waals surface area contributed by atoms with Crippen LogP contribution in [-0.4, -0.2) is 0 Å². The molecule has 1 heterocycles. The van der Waals surface area contributed by atoms with Gasteiger partial charge in [-0.3, -0.25) is 0 Å². The fourth-order valence-corrected chi connectivity index (χ4v) is 3.25. The molecule has 1 unspecified atom stereocenters. The summed E-state index contributed by atoms with van der Waals surface area (Å²) in [4.78, 5) is 2.42. The zero-order valence-corrected chi connectivity index (χ0v) is 12.0. The van der Waals surface area contributed by atoms with E-state index in [2.05, 4.69) is 19.9 Å². The molecule has 0 bridgehead atoms. The summed E-state index contributed by atoms with van der Waals surface area (Å²) in [5.74, 6) is 0. The number of rotatable bonds is 2. The normalized spacial score (nSPS) is 12.8. The molecule has 0 saturated heterocycles. The minimum Gasteiger partial charge on any atom is -0.320 e. The van der Waals surface area contributed by atoms with Gasteiger partial charge in [-0.1, -0.05) is 29.3 Å². The fraction of sp³-hybridized carbons (Fsp3) is 0.231. The van der Waals surface area contributed by atoms with E-state index >= 15 is 0 Å². The van der Waals surface area contributed by atoms with Crippen LogP contribution < -0.4 is 5.73 Å². The monoisotopic (exact) mass is 285 g/mol. The molecule has 2 rings (SSSR count). The molecule has 0 aliphatic rings. The van der Waals surface area contributed by atoms with Crippen LogP contribution in [0.3, 0.4) is 0 Å². The van der Waals surface area contributed by atoms with Gasteiger partial charge in [-0.15, -0.1) is 11.3 Å². The molecular formula is C13H13Cl2NS. The van der Waals surface area contributed by atoms with Gasteiger partial charge in [0.1, 0.15) is 0 Å². The van der Waals surface area contributed by atoms with Crippen molar-refractivity contribution < 1.29 is 0 Å². The van der Waals surface area contributed by atoms with Crippen LogP contribution in [0.4, 0.5) is 0 Å². The summed E-state index contributed by atoms with van der Waals surface area (Å²) < 4.78 is 0. The molecule has 1 aromatic heterocycles. The second-order valence-corrected chi connectivity index (χ2v) is 6.16. The number of halogens is 2. The van der Waals surface area contributed by atoms with Crippen LogP contribution in [0.2, 0.25) is 10.0 Å². The van der Waals surface area contributed by atoms with Crippen molar-refractivity contribution in [3.63, 3.8) is 0 Å². The minimum atomic E-state index is -0.183. The summed E-state index contributed by atoms with van der Waals surface area (Å²) >= 11 is 13.7. The summed E-state index contributed by atoms with van der Waals surface area (Å²) in [6.07, 6.45) is 0. The van der Waals surface area contributed by atoms with Gasteiger partial charge < -0.3 is 5.73 Å². The highest BCUT2D eigenvalue weighted by Gasteiger charge is 2.15. The summed E-state index contributed by atoms with van der Waals surface area (Å²) in [7, 11) is 0. The Morgan fingerprint density at radius 2 is 1.88 bits per heavy atom. The molecule has 0 radical (unpaired) electrons. The number of hydrogen-bond acceptors (Lipinski definition) is 2. The van der Waals surface area contributed by atoms with Gasteiger partial charge in [0.2, 0.25) is 0 Å². The van der Waals surface area contributed by atoms with E-state index in [1.165, 1.54) is 10.4 Å². The van der Waals surface area contributed by atoms with Crippen LogP contribution in [0.15, 0.2) is 24.3 Å². The largest absolute Gasteiger partial charge is 0.320 e. The van der Waals surface area contributed by atoms with E-state index in [-0.39, 0.29) is 6.04 Å². The van der Waals surface area contributed by atoms with Gasteiger partial charge in [0.15, 0.2) is 0 Å². The smallest absolute Gasteiger partial charge is 0.0660 e. The zero-order chi connectivity index (χ0) is 12.6. The molecule has 17 heavy (non-hydrogen) atoms. The topological polar surface area (TPSA) is 26.0 Å². The molecule has 90 valence electrons. The van der Waals surface area contributed by atoms with Crippen LogP contribution in [0.1, 0.15) is 26.9 Å². The molecule has 0 aliphatic heterocycles. The fourth-order valence-electron chi connectivity index (χ4n) is 1.66. The third-order valence-corrected chi connectivity index (χ3v) is 4.59. The maximum Gasteiger partial charge on any atom is 0.0660 e. The SMILES string of the molecule is Cc1cc(C(N)c2ccc(Cl)cc2Cl)sc1C. The predicted octanol–water partition coefficient (Wildman–Crippen LogP) is 4.72. The van der Waals surface area contributed by atoms with Crippen molar-refractivity contribution in [1.82, 2.24) is 0 Å². The first-order chi connectivity index (χ1) is 7.99. The Balaban J connectivity index is 2.39. The molecule has 0 aliphatic carbocycles. The predicted molar refractivity (Wildman–Crippen MR) is 76.3 cm³/mol. The lowest BCUT2D eigenvalue weighted by atomic mass is 10.1. The van der Waals surface area contributed by atoms with Crippen molar-refractivity contribution >= 4 is 34.5 Å². The minimum absolute atomic E-state index is 0.183. The van der Waals surface area contributed by atoms with Crippen molar-refractivity contribution in [2.24, 2.45) is 5.73 Å². The van der Waals surface area contributed by atoms with Gasteiger partial charge in [0.25, 0.3) is 0 Å². The lowest BCUT2D eigenvalue weighted by Crippen LogP contribution is -2.10. The molecule has 1 aromatic carbocycles. The molecule has 0 fully saturated rings. The highest BCUT2D eigenvalue weighted by molar-refractivity contribution is 7.12. The second-order valence-electron chi connectivity index (χ2n) is 4.03.